The summed E-state index contributed by atoms with van der Waals surface area (Å²) >= 11 is 0. The molecular formula is C14H22F3N3O3. The second-order valence-electron chi connectivity index (χ2n) is 6.30. The molecule has 2 aliphatic heterocycles. The minimum atomic E-state index is -4.32. The van der Waals surface area contributed by atoms with Crippen LogP contribution in [0.15, 0.2) is 0 Å². The van der Waals surface area contributed by atoms with E-state index in [1.807, 2.05) is 4.90 Å². The van der Waals surface area contributed by atoms with Crippen molar-refractivity contribution in [3.8, 4) is 0 Å². The second kappa shape index (κ2) is 6.64. The zero-order chi connectivity index (χ0) is 17.3. The normalized spacial score (nSPS) is 30.0. The quantitative estimate of drug-likeness (QED) is 0.605. The molecule has 9 heteroatoms. The number of hydrogen-bond acceptors (Lipinski definition) is 4. The van der Waals surface area contributed by atoms with Crippen LogP contribution in [-0.2, 0) is 9.53 Å². The fraction of sp³-hybridized carbons (Fsp3) is 0.857. The first kappa shape index (κ1) is 18.0. The SMILES string of the molecule is CN1C(=O)N[C@@](C)([C@@H]2CCCN(CCOCC(F)(F)F)C2)C1=O. The van der Waals surface area contributed by atoms with Gasteiger partial charge in [0, 0.05) is 26.1 Å². The van der Waals surface area contributed by atoms with Crippen molar-refractivity contribution in [3.63, 3.8) is 0 Å². The van der Waals surface area contributed by atoms with E-state index in [2.05, 4.69) is 10.1 Å². The van der Waals surface area contributed by atoms with E-state index in [0.29, 0.717) is 13.1 Å². The summed E-state index contributed by atoms with van der Waals surface area (Å²) in [5.41, 5.74) is -0.947. The van der Waals surface area contributed by atoms with Crippen LogP contribution in [0.4, 0.5) is 18.0 Å². The van der Waals surface area contributed by atoms with Gasteiger partial charge in [0.1, 0.15) is 12.1 Å². The van der Waals surface area contributed by atoms with E-state index >= 15 is 0 Å². The van der Waals surface area contributed by atoms with Gasteiger partial charge in [-0.15, -0.1) is 0 Å². The van der Waals surface area contributed by atoms with Crippen molar-refractivity contribution in [2.75, 3.05) is 39.9 Å². The largest absolute Gasteiger partial charge is 0.411 e. The molecule has 0 radical (unpaired) electrons. The fourth-order valence-corrected chi connectivity index (χ4v) is 3.19. The van der Waals surface area contributed by atoms with Gasteiger partial charge >= 0.3 is 12.2 Å². The lowest BCUT2D eigenvalue weighted by molar-refractivity contribution is -0.174. The van der Waals surface area contributed by atoms with Gasteiger partial charge in [-0.3, -0.25) is 9.69 Å². The Morgan fingerprint density at radius 2 is 2.09 bits per heavy atom. The topological polar surface area (TPSA) is 61.9 Å². The predicted molar refractivity (Wildman–Crippen MR) is 75.7 cm³/mol. The molecule has 1 N–H and O–H groups in total. The summed E-state index contributed by atoms with van der Waals surface area (Å²) in [6.07, 6.45) is -2.70. The highest BCUT2D eigenvalue weighted by Gasteiger charge is 2.51. The maximum atomic E-state index is 12.3. The molecule has 2 heterocycles. The number of amides is 3. The molecule has 132 valence electrons. The van der Waals surface area contributed by atoms with E-state index in [0.717, 1.165) is 24.3 Å². The zero-order valence-corrected chi connectivity index (χ0v) is 13.3. The number of rotatable bonds is 5. The highest BCUT2D eigenvalue weighted by molar-refractivity contribution is 6.06. The lowest BCUT2D eigenvalue weighted by atomic mass is 9.80. The Bertz CT molecular complexity index is 472. The number of imide groups is 1. The van der Waals surface area contributed by atoms with Gasteiger partial charge in [0.15, 0.2) is 0 Å². The number of halogens is 3. The van der Waals surface area contributed by atoms with Gasteiger partial charge in [-0.2, -0.15) is 13.2 Å². The fourth-order valence-electron chi connectivity index (χ4n) is 3.19. The van der Waals surface area contributed by atoms with Crippen LogP contribution in [-0.4, -0.2) is 73.3 Å². The van der Waals surface area contributed by atoms with Gasteiger partial charge in [0.05, 0.1) is 6.61 Å². The molecule has 6 nitrogen and oxygen atoms in total. The molecule has 0 aromatic rings. The second-order valence-corrected chi connectivity index (χ2v) is 6.30. The molecule has 3 amide bonds. The molecule has 2 atom stereocenters. The van der Waals surface area contributed by atoms with Gasteiger partial charge < -0.3 is 15.0 Å². The van der Waals surface area contributed by atoms with Crippen molar-refractivity contribution >= 4 is 11.9 Å². The van der Waals surface area contributed by atoms with E-state index in [1.54, 1.807) is 6.92 Å². The summed E-state index contributed by atoms with van der Waals surface area (Å²) in [6.45, 7) is 2.13. The molecule has 0 saturated carbocycles. The number of likely N-dealkylation sites (tertiary alicyclic amines) is 1. The summed E-state index contributed by atoms with van der Waals surface area (Å²) < 4.78 is 40.7. The summed E-state index contributed by atoms with van der Waals surface area (Å²) in [5, 5.41) is 2.74. The smallest absolute Gasteiger partial charge is 0.371 e. The Kier molecular flexibility index (Phi) is 5.20. The maximum absolute atomic E-state index is 12.3. The van der Waals surface area contributed by atoms with Crippen LogP contribution < -0.4 is 5.32 Å². The summed E-state index contributed by atoms with van der Waals surface area (Å²) in [4.78, 5) is 27.0. The number of likely N-dealkylation sites (N-methyl/N-ethyl adjacent to an activating group) is 1. The lowest BCUT2D eigenvalue weighted by Crippen LogP contribution is -2.56. The van der Waals surface area contributed by atoms with Gasteiger partial charge in [0.25, 0.3) is 5.91 Å². The minimum absolute atomic E-state index is 0.0108. The molecule has 2 aliphatic rings. The van der Waals surface area contributed by atoms with Crippen LogP contribution in [0.5, 0.6) is 0 Å². The number of urea groups is 1. The van der Waals surface area contributed by atoms with Crippen LogP contribution in [0.25, 0.3) is 0 Å². The maximum Gasteiger partial charge on any atom is 0.411 e. The molecule has 0 aromatic heterocycles. The summed E-state index contributed by atoms with van der Waals surface area (Å²) in [7, 11) is 1.44. The highest BCUT2D eigenvalue weighted by Crippen LogP contribution is 2.31. The third-order valence-electron chi connectivity index (χ3n) is 4.56. The first-order chi connectivity index (χ1) is 10.6. The number of ether oxygens (including phenoxy) is 1. The minimum Gasteiger partial charge on any atom is -0.371 e. The van der Waals surface area contributed by atoms with E-state index in [9.17, 15) is 22.8 Å². The molecule has 2 rings (SSSR count). The van der Waals surface area contributed by atoms with Gasteiger partial charge in [-0.1, -0.05) is 0 Å². The third kappa shape index (κ3) is 4.14. The van der Waals surface area contributed by atoms with Gasteiger partial charge in [-0.05, 0) is 26.3 Å². The molecule has 0 aromatic carbocycles. The molecule has 0 unspecified atom stereocenters. The van der Waals surface area contributed by atoms with Crippen LogP contribution in [0.3, 0.4) is 0 Å². The first-order valence-electron chi connectivity index (χ1n) is 7.60. The number of carbonyl (C=O) groups excluding carboxylic acids is 2. The number of carbonyl (C=O) groups is 2. The molecule has 23 heavy (non-hydrogen) atoms. The monoisotopic (exact) mass is 337 g/mol. The Balaban J connectivity index is 1.86. The van der Waals surface area contributed by atoms with Crippen molar-refractivity contribution in [2.24, 2.45) is 5.92 Å². The van der Waals surface area contributed by atoms with Crippen LogP contribution in [0.1, 0.15) is 19.8 Å². The number of nitrogens with one attached hydrogen (secondary N) is 1. The average molecular weight is 337 g/mol. The van der Waals surface area contributed by atoms with Crippen molar-refractivity contribution < 1.29 is 27.5 Å². The molecule has 2 fully saturated rings. The number of nitrogens with zero attached hydrogens (tertiary/aromatic N) is 2. The Hall–Kier alpha value is -1.35. The highest BCUT2D eigenvalue weighted by atomic mass is 19.4. The Morgan fingerprint density at radius 3 is 2.65 bits per heavy atom. The van der Waals surface area contributed by atoms with E-state index in [1.165, 1.54) is 7.05 Å². The average Bonchev–Trinajstić information content (AvgIpc) is 2.68. The van der Waals surface area contributed by atoms with E-state index in [-0.39, 0.29) is 18.4 Å². The van der Waals surface area contributed by atoms with E-state index in [4.69, 9.17) is 0 Å². The Morgan fingerprint density at radius 1 is 1.39 bits per heavy atom. The van der Waals surface area contributed by atoms with Crippen molar-refractivity contribution in [1.82, 2.24) is 15.1 Å². The molecule has 0 spiro atoms. The third-order valence-corrected chi connectivity index (χ3v) is 4.56. The van der Waals surface area contributed by atoms with E-state index < -0.39 is 24.4 Å². The summed E-state index contributed by atoms with van der Waals surface area (Å²) in [6, 6.07) is -0.414. The number of hydrogen-bond donors (Lipinski definition) is 1. The van der Waals surface area contributed by atoms with Crippen molar-refractivity contribution in [3.05, 3.63) is 0 Å². The molecule has 2 saturated heterocycles. The van der Waals surface area contributed by atoms with Crippen LogP contribution in [0, 0.1) is 5.92 Å². The molecular weight excluding hydrogens is 315 g/mol. The van der Waals surface area contributed by atoms with Crippen molar-refractivity contribution in [2.45, 2.75) is 31.5 Å². The predicted octanol–water partition coefficient (Wildman–Crippen LogP) is 1.22. The van der Waals surface area contributed by atoms with Crippen molar-refractivity contribution in [1.29, 1.82) is 0 Å². The van der Waals surface area contributed by atoms with Gasteiger partial charge in [0.2, 0.25) is 0 Å². The molecule has 0 aliphatic carbocycles. The standard InChI is InChI=1S/C14H22F3N3O3/c1-13(11(21)19(2)12(22)18-13)10-4-3-5-20(8-10)6-7-23-9-14(15,16)17/h10H,3-9H2,1-2H3,(H,18,22)/t10-,13+/m1/s1. The number of piperidine rings is 1. The van der Waals surface area contributed by atoms with Crippen LogP contribution in [0.2, 0.25) is 0 Å². The zero-order valence-electron chi connectivity index (χ0n) is 13.3. The summed E-state index contributed by atoms with van der Waals surface area (Å²) in [5.74, 6) is -0.331. The number of alkyl halides is 3. The lowest BCUT2D eigenvalue weighted by Gasteiger charge is -2.39. The first-order valence-corrected chi connectivity index (χ1v) is 7.60. The van der Waals surface area contributed by atoms with Crippen LogP contribution >= 0.6 is 0 Å². The van der Waals surface area contributed by atoms with Gasteiger partial charge in [-0.25, -0.2) is 4.79 Å². The molecule has 0 bridgehead atoms. The Labute approximate surface area is 132 Å².